The fourth-order valence-corrected chi connectivity index (χ4v) is 3.02. The summed E-state index contributed by atoms with van der Waals surface area (Å²) in [6, 6.07) is 16.3. The van der Waals surface area contributed by atoms with Crippen molar-refractivity contribution in [2.24, 2.45) is 0 Å². The molecule has 0 spiro atoms. The second-order valence-corrected chi connectivity index (χ2v) is 6.16. The number of para-hydroxylation sites is 1. The number of ketones is 1. The molecule has 1 aliphatic rings. The van der Waals surface area contributed by atoms with Crippen LogP contribution in [0.3, 0.4) is 0 Å². The molecule has 0 aromatic heterocycles. The van der Waals surface area contributed by atoms with Crippen LogP contribution in [0.15, 0.2) is 60.7 Å². The molecule has 3 aromatic carbocycles. The molecule has 0 radical (unpaired) electrons. The molecule has 0 amide bonds. The minimum absolute atomic E-state index is 0.0761. The van der Waals surface area contributed by atoms with Crippen molar-refractivity contribution in [1.82, 2.24) is 0 Å². The molecule has 4 rings (SSSR count). The maximum Gasteiger partial charge on any atom is 0.276 e. The van der Waals surface area contributed by atoms with Crippen molar-refractivity contribution in [3.05, 3.63) is 81.9 Å². The lowest BCUT2D eigenvalue weighted by molar-refractivity contribution is -0.385. The highest BCUT2D eigenvalue weighted by molar-refractivity contribution is 6.04. The summed E-state index contributed by atoms with van der Waals surface area (Å²) in [4.78, 5) is 23.7. The molecule has 28 heavy (non-hydrogen) atoms. The lowest BCUT2D eigenvalue weighted by Crippen LogP contribution is -2.05. The maximum absolute atomic E-state index is 12.9. The van der Waals surface area contributed by atoms with E-state index < -0.39 is 4.92 Å². The van der Waals surface area contributed by atoms with E-state index in [0.717, 1.165) is 0 Å². The summed E-state index contributed by atoms with van der Waals surface area (Å²) in [6.45, 7) is 0. The summed E-state index contributed by atoms with van der Waals surface area (Å²) in [5.41, 5.74) is 0.661. The number of benzene rings is 3. The standard InChI is InChI=1S/C21H15NO6/c1-26-15-6-8-16(9-7-15)27-19-11-14(22(24)25)12-20-21(19)17(23)10-13-4-2-3-5-18(13)28-20/h2-9,11-12H,10H2,1H3. The predicted octanol–water partition coefficient (Wildman–Crippen LogP) is 4.93. The molecule has 0 fully saturated rings. The highest BCUT2D eigenvalue weighted by Gasteiger charge is 2.28. The van der Waals surface area contributed by atoms with Gasteiger partial charge in [0.05, 0.1) is 24.2 Å². The number of carbonyl (C=O) groups excluding carboxylic acids is 1. The number of fused-ring (bicyclic) bond motifs is 2. The summed E-state index contributed by atoms with van der Waals surface area (Å²) in [7, 11) is 1.55. The molecule has 0 N–H and O–H groups in total. The van der Waals surface area contributed by atoms with Gasteiger partial charge in [-0.05, 0) is 30.3 Å². The van der Waals surface area contributed by atoms with Crippen molar-refractivity contribution >= 4 is 11.5 Å². The third kappa shape index (κ3) is 3.25. The van der Waals surface area contributed by atoms with Crippen LogP contribution in [0.1, 0.15) is 15.9 Å². The Labute approximate surface area is 160 Å². The van der Waals surface area contributed by atoms with Crippen molar-refractivity contribution in [3.63, 3.8) is 0 Å². The monoisotopic (exact) mass is 377 g/mol. The minimum atomic E-state index is -0.550. The number of non-ortho nitro benzene ring substituents is 1. The number of hydrogen-bond acceptors (Lipinski definition) is 6. The van der Waals surface area contributed by atoms with E-state index in [9.17, 15) is 14.9 Å². The number of hydrogen-bond donors (Lipinski definition) is 0. The van der Waals surface area contributed by atoms with Crippen LogP contribution in [0.2, 0.25) is 0 Å². The Morgan fingerprint density at radius 2 is 1.71 bits per heavy atom. The largest absolute Gasteiger partial charge is 0.497 e. The topological polar surface area (TPSA) is 87.9 Å². The Hall–Kier alpha value is -3.87. The molecule has 7 heteroatoms. The van der Waals surface area contributed by atoms with E-state index in [0.29, 0.717) is 22.8 Å². The van der Waals surface area contributed by atoms with Gasteiger partial charge in [-0.1, -0.05) is 18.2 Å². The molecule has 0 aliphatic carbocycles. The second kappa shape index (κ2) is 7.03. The third-order valence-electron chi connectivity index (χ3n) is 4.37. The highest BCUT2D eigenvalue weighted by Crippen LogP contribution is 2.42. The van der Waals surface area contributed by atoms with E-state index in [1.807, 2.05) is 6.07 Å². The first kappa shape index (κ1) is 17.5. The van der Waals surface area contributed by atoms with Crippen LogP contribution >= 0.6 is 0 Å². The normalized spacial score (nSPS) is 12.2. The summed E-state index contributed by atoms with van der Waals surface area (Å²) in [5, 5.41) is 11.4. The van der Waals surface area contributed by atoms with Gasteiger partial charge in [0.15, 0.2) is 5.78 Å². The zero-order valence-corrected chi connectivity index (χ0v) is 14.9. The van der Waals surface area contributed by atoms with Gasteiger partial charge in [0.25, 0.3) is 5.69 Å². The summed E-state index contributed by atoms with van der Waals surface area (Å²) < 4.78 is 16.8. The van der Waals surface area contributed by atoms with Gasteiger partial charge < -0.3 is 14.2 Å². The Bertz CT molecular complexity index is 1070. The van der Waals surface area contributed by atoms with E-state index in [1.165, 1.54) is 12.1 Å². The maximum atomic E-state index is 12.9. The van der Waals surface area contributed by atoms with Crippen LogP contribution in [-0.4, -0.2) is 17.8 Å². The smallest absolute Gasteiger partial charge is 0.276 e. The van der Waals surface area contributed by atoms with Gasteiger partial charge in [-0.15, -0.1) is 0 Å². The molecule has 0 bridgehead atoms. The van der Waals surface area contributed by atoms with Gasteiger partial charge in [-0.2, -0.15) is 0 Å². The highest BCUT2D eigenvalue weighted by atomic mass is 16.6. The molecular formula is C21H15NO6. The lowest BCUT2D eigenvalue weighted by Gasteiger charge is -2.13. The number of ether oxygens (including phenoxy) is 3. The van der Waals surface area contributed by atoms with Gasteiger partial charge in [0, 0.05) is 12.0 Å². The fraction of sp³-hybridized carbons (Fsp3) is 0.0952. The fourth-order valence-electron chi connectivity index (χ4n) is 3.02. The molecule has 0 unspecified atom stereocenters. The number of nitrogens with zero attached hydrogens (tertiary/aromatic N) is 1. The molecule has 1 aliphatic heterocycles. The van der Waals surface area contributed by atoms with Crippen molar-refractivity contribution in [2.45, 2.75) is 6.42 Å². The minimum Gasteiger partial charge on any atom is -0.497 e. The SMILES string of the molecule is COc1ccc(Oc2cc([N+](=O)[O-])cc3c2C(=O)Cc2ccccc2O3)cc1. The third-order valence-corrected chi connectivity index (χ3v) is 4.37. The average Bonchev–Trinajstić information content (AvgIpc) is 2.84. The average molecular weight is 377 g/mol. The summed E-state index contributed by atoms with van der Waals surface area (Å²) in [5.74, 6) is 1.49. The molecular weight excluding hydrogens is 362 g/mol. The molecule has 140 valence electrons. The predicted molar refractivity (Wildman–Crippen MR) is 101 cm³/mol. The number of nitro groups is 1. The van der Waals surface area contributed by atoms with E-state index >= 15 is 0 Å². The van der Waals surface area contributed by atoms with E-state index in [4.69, 9.17) is 14.2 Å². The van der Waals surface area contributed by atoms with E-state index in [1.54, 1.807) is 49.6 Å². The lowest BCUT2D eigenvalue weighted by atomic mass is 10.0. The van der Waals surface area contributed by atoms with Crippen LogP contribution in [0.25, 0.3) is 0 Å². The van der Waals surface area contributed by atoms with Gasteiger partial charge >= 0.3 is 0 Å². The molecule has 0 atom stereocenters. The first-order valence-electron chi connectivity index (χ1n) is 8.48. The van der Waals surface area contributed by atoms with Crippen LogP contribution < -0.4 is 14.2 Å². The van der Waals surface area contributed by atoms with Crippen molar-refractivity contribution < 1.29 is 23.9 Å². The number of methoxy groups -OCH3 is 1. The molecule has 0 saturated carbocycles. The van der Waals surface area contributed by atoms with Crippen molar-refractivity contribution in [2.75, 3.05) is 7.11 Å². The molecule has 3 aromatic rings. The second-order valence-electron chi connectivity index (χ2n) is 6.16. The van der Waals surface area contributed by atoms with Gasteiger partial charge in [0.2, 0.25) is 0 Å². The Balaban J connectivity index is 1.82. The van der Waals surface area contributed by atoms with Gasteiger partial charge in [-0.25, -0.2) is 0 Å². The molecule has 7 nitrogen and oxygen atoms in total. The number of rotatable bonds is 4. The number of nitro benzene ring substituents is 1. The first-order valence-corrected chi connectivity index (χ1v) is 8.48. The zero-order valence-electron chi connectivity index (χ0n) is 14.9. The molecule has 0 saturated heterocycles. The van der Waals surface area contributed by atoms with Gasteiger partial charge in [-0.3, -0.25) is 14.9 Å². The molecule has 1 heterocycles. The summed E-state index contributed by atoms with van der Waals surface area (Å²) in [6.07, 6.45) is 0.111. The van der Waals surface area contributed by atoms with Crippen LogP contribution in [-0.2, 0) is 6.42 Å². The summed E-state index contributed by atoms with van der Waals surface area (Å²) >= 11 is 0. The Morgan fingerprint density at radius 3 is 2.43 bits per heavy atom. The quantitative estimate of drug-likeness (QED) is 0.473. The number of Topliss-reactive ketones (excluding diaryl/α,β-unsaturated/α-hetero) is 1. The van der Waals surface area contributed by atoms with E-state index in [-0.39, 0.29) is 35.0 Å². The Kier molecular flexibility index (Phi) is 4.41. The van der Waals surface area contributed by atoms with E-state index in [2.05, 4.69) is 0 Å². The van der Waals surface area contributed by atoms with Crippen LogP contribution in [0.4, 0.5) is 5.69 Å². The van der Waals surface area contributed by atoms with Crippen molar-refractivity contribution in [3.8, 4) is 28.7 Å². The Morgan fingerprint density at radius 1 is 1.00 bits per heavy atom. The van der Waals surface area contributed by atoms with Crippen LogP contribution in [0, 0.1) is 10.1 Å². The number of carbonyl (C=O) groups is 1. The van der Waals surface area contributed by atoms with Crippen LogP contribution in [0.5, 0.6) is 28.7 Å². The van der Waals surface area contributed by atoms with Crippen molar-refractivity contribution in [1.29, 1.82) is 0 Å². The van der Waals surface area contributed by atoms with Gasteiger partial charge in [0.1, 0.15) is 34.3 Å². The zero-order chi connectivity index (χ0) is 19.7. The first-order chi connectivity index (χ1) is 13.5.